The molecule has 1 aromatic carbocycles. The Hall–Kier alpha value is -1.67. The molecule has 0 radical (unpaired) electrons. The topological polar surface area (TPSA) is 32.8 Å². The normalized spacial score (nSPS) is 16.7. The zero-order valence-corrected chi connectivity index (χ0v) is 12.7. The van der Waals surface area contributed by atoms with Crippen molar-refractivity contribution in [3.05, 3.63) is 35.1 Å². The minimum Gasteiger partial charge on any atom is -0.375 e. The SMILES string of the molecule is COCC(=O)N1CCN(Cc2cc(C(F)(F)F)ccc2F)CC1. The highest BCUT2D eigenvalue weighted by Crippen LogP contribution is 2.30. The van der Waals surface area contributed by atoms with E-state index in [2.05, 4.69) is 0 Å². The van der Waals surface area contributed by atoms with Crippen LogP contribution in [0.3, 0.4) is 0 Å². The number of piperazine rings is 1. The Bertz CT molecular complexity index is 555. The third-order valence-corrected chi connectivity index (χ3v) is 3.76. The maximum absolute atomic E-state index is 13.7. The Morgan fingerprint density at radius 2 is 1.87 bits per heavy atom. The van der Waals surface area contributed by atoms with E-state index in [-0.39, 0.29) is 24.6 Å². The molecule has 4 nitrogen and oxygen atoms in total. The molecule has 8 heteroatoms. The first-order valence-corrected chi connectivity index (χ1v) is 7.16. The van der Waals surface area contributed by atoms with Gasteiger partial charge in [0.1, 0.15) is 12.4 Å². The van der Waals surface area contributed by atoms with Gasteiger partial charge in [-0.1, -0.05) is 0 Å². The van der Waals surface area contributed by atoms with Crippen molar-refractivity contribution < 1.29 is 27.1 Å². The Morgan fingerprint density at radius 3 is 2.43 bits per heavy atom. The van der Waals surface area contributed by atoms with Gasteiger partial charge in [-0.25, -0.2) is 4.39 Å². The summed E-state index contributed by atoms with van der Waals surface area (Å²) in [7, 11) is 1.44. The fraction of sp³-hybridized carbons (Fsp3) is 0.533. The fourth-order valence-electron chi connectivity index (χ4n) is 2.48. The number of nitrogens with zero attached hydrogens (tertiary/aromatic N) is 2. The second-order valence-corrected chi connectivity index (χ2v) is 5.39. The molecular formula is C15H18F4N2O2. The molecule has 0 aliphatic carbocycles. The highest BCUT2D eigenvalue weighted by Gasteiger charge is 2.31. The van der Waals surface area contributed by atoms with Crippen LogP contribution in [0.25, 0.3) is 0 Å². The summed E-state index contributed by atoms with van der Waals surface area (Å²) in [4.78, 5) is 15.1. The van der Waals surface area contributed by atoms with E-state index in [0.717, 1.165) is 18.2 Å². The van der Waals surface area contributed by atoms with Gasteiger partial charge in [-0.2, -0.15) is 13.2 Å². The van der Waals surface area contributed by atoms with Gasteiger partial charge in [-0.15, -0.1) is 0 Å². The van der Waals surface area contributed by atoms with Crippen molar-refractivity contribution >= 4 is 5.91 Å². The molecule has 0 bridgehead atoms. The predicted octanol–water partition coefficient (Wildman–Crippen LogP) is 2.14. The number of hydrogen-bond donors (Lipinski definition) is 0. The van der Waals surface area contributed by atoms with E-state index >= 15 is 0 Å². The number of rotatable bonds is 4. The van der Waals surface area contributed by atoms with Crippen molar-refractivity contribution in [2.75, 3.05) is 39.9 Å². The van der Waals surface area contributed by atoms with Crippen molar-refractivity contribution in [1.29, 1.82) is 0 Å². The molecule has 2 rings (SSSR count). The van der Waals surface area contributed by atoms with Gasteiger partial charge in [-0.05, 0) is 18.2 Å². The van der Waals surface area contributed by atoms with E-state index in [4.69, 9.17) is 4.74 Å². The molecular weight excluding hydrogens is 316 g/mol. The van der Waals surface area contributed by atoms with Gasteiger partial charge < -0.3 is 9.64 Å². The zero-order valence-electron chi connectivity index (χ0n) is 12.7. The van der Waals surface area contributed by atoms with Crippen LogP contribution in [-0.2, 0) is 22.3 Å². The first-order chi connectivity index (χ1) is 10.8. The van der Waals surface area contributed by atoms with Crippen LogP contribution < -0.4 is 0 Å². The molecule has 128 valence electrons. The van der Waals surface area contributed by atoms with Crippen molar-refractivity contribution in [3.8, 4) is 0 Å². The lowest BCUT2D eigenvalue weighted by Gasteiger charge is -2.34. The third kappa shape index (κ3) is 4.65. The molecule has 0 saturated carbocycles. The van der Waals surface area contributed by atoms with Crippen molar-refractivity contribution in [2.45, 2.75) is 12.7 Å². The van der Waals surface area contributed by atoms with E-state index in [0.29, 0.717) is 26.2 Å². The molecule has 1 heterocycles. The van der Waals surface area contributed by atoms with Gasteiger partial charge in [0.25, 0.3) is 0 Å². The van der Waals surface area contributed by atoms with Crippen LogP contribution in [0, 0.1) is 5.82 Å². The fourth-order valence-corrected chi connectivity index (χ4v) is 2.48. The van der Waals surface area contributed by atoms with Crippen LogP contribution in [0.4, 0.5) is 17.6 Å². The third-order valence-electron chi connectivity index (χ3n) is 3.76. The average molecular weight is 334 g/mol. The molecule has 1 aliphatic heterocycles. The Labute approximate surface area is 131 Å². The van der Waals surface area contributed by atoms with Gasteiger partial charge in [0, 0.05) is 45.4 Å². The van der Waals surface area contributed by atoms with E-state index in [1.54, 1.807) is 4.90 Å². The first-order valence-electron chi connectivity index (χ1n) is 7.16. The van der Waals surface area contributed by atoms with Gasteiger partial charge in [0.2, 0.25) is 5.91 Å². The smallest absolute Gasteiger partial charge is 0.375 e. The lowest BCUT2D eigenvalue weighted by Crippen LogP contribution is -2.49. The number of hydrogen-bond acceptors (Lipinski definition) is 3. The second kappa shape index (κ2) is 7.27. The van der Waals surface area contributed by atoms with Crippen molar-refractivity contribution in [1.82, 2.24) is 9.80 Å². The average Bonchev–Trinajstić information content (AvgIpc) is 2.49. The molecule has 0 atom stereocenters. The number of halogens is 4. The predicted molar refractivity (Wildman–Crippen MR) is 75.1 cm³/mol. The van der Waals surface area contributed by atoms with Crippen LogP contribution in [0.1, 0.15) is 11.1 Å². The minimum atomic E-state index is -4.49. The lowest BCUT2D eigenvalue weighted by molar-refractivity contribution is -0.138. The Morgan fingerprint density at radius 1 is 1.22 bits per heavy atom. The second-order valence-electron chi connectivity index (χ2n) is 5.39. The highest BCUT2D eigenvalue weighted by molar-refractivity contribution is 5.77. The summed E-state index contributed by atoms with van der Waals surface area (Å²) >= 11 is 0. The van der Waals surface area contributed by atoms with Gasteiger partial charge >= 0.3 is 6.18 Å². The molecule has 1 saturated heterocycles. The molecule has 0 N–H and O–H groups in total. The van der Waals surface area contributed by atoms with Gasteiger partial charge in [-0.3, -0.25) is 9.69 Å². The number of alkyl halides is 3. The molecule has 0 aromatic heterocycles. The van der Waals surface area contributed by atoms with Crippen LogP contribution in [0.15, 0.2) is 18.2 Å². The summed E-state index contributed by atoms with van der Waals surface area (Å²) in [5.41, 5.74) is -0.848. The lowest BCUT2D eigenvalue weighted by atomic mass is 10.1. The Kier molecular flexibility index (Phi) is 5.59. The summed E-state index contributed by atoms with van der Waals surface area (Å²) in [5.74, 6) is -0.784. The number of benzene rings is 1. The molecule has 1 aromatic rings. The summed E-state index contributed by atoms with van der Waals surface area (Å²) < 4.78 is 56.6. The van der Waals surface area contributed by atoms with E-state index in [1.165, 1.54) is 7.11 Å². The standard InChI is InChI=1S/C15H18F4N2O2/c1-23-10-14(22)21-6-4-20(5-7-21)9-11-8-12(15(17,18)19)2-3-13(11)16/h2-3,8H,4-7,9-10H2,1H3. The number of methoxy groups -OCH3 is 1. The molecule has 23 heavy (non-hydrogen) atoms. The molecule has 0 spiro atoms. The number of carbonyl (C=O) groups excluding carboxylic acids is 1. The summed E-state index contributed by atoms with van der Waals surface area (Å²) in [6, 6.07) is 2.43. The van der Waals surface area contributed by atoms with E-state index in [9.17, 15) is 22.4 Å². The summed E-state index contributed by atoms with van der Waals surface area (Å²) in [6.45, 7) is 1.94. The zero-order chi connectivity index (χ0) is 17.0. The quantitative estimate of drug-likeness (QED) is 0.791. The van der Waals surface area contributed by atoms with Crippen LogP contribution >= 0.6 is 0 Å². The van der Waals surface area contributed by atoms with Gasteiger partial charge in [0.15, 0.2) is 0 Å². The van der Waals surface area contributed by atoms with Crippen molar-refractivity contribution in [3.63, 3.8) is 0 Å². The monoisotopic (exact) mass is 334 g/mol. The first kappa shape index (κ1) is 17.7. The molecule has 1 aliphatic rings. The van der Waals surface area contributed by atoms with E-state index < -0.39 is 17.6 Å². The van der Waals surface area contributed by atoms with Crippen molar-refractivity contribution in [2.24, 2.45) is 0 Å². The number of ether oxygens (including phenoxy) is 1. The molecule has 0 unspecified atom stereocenters. The molecule has 1 fully saturated rings. The number of amides is 1. The maximum Gasteiger partial charge on any atom is 0.416 e. The van der Waals surface area contributed by atoms with Gasteiger partial charge in [0.05, 0.1) is 5.56 Å². The summed E-state index contributed by atoms with van der Waals surface area (Å²) in [5, 5.41) is 0. The van der Waals surface area contributed by atoms with Crippen LogP contribution in [0.2, 0.25) is 0 Å². The van der Waals surface area contributed by atoms with E-state index in [1.807, 2.05) is 4.90 Å². The highest BCUT2D eigenvalue weighted by atomic mass is 19.4. The molecule has 1 amide bonds. The number of carbonyl (C=O) groups is 1. The summed E-state index contributed by atoms with van der Waals surface area (Å²) in [6.07, 6.45) is -4.49. The van der Waals surface area contributed by atoms with Crippen LogP contribution in [0.5, 0.6) is 0 Å². The minimum absolute atomic E-state index is 0.00224. The van der Waals surface area contributed by atoms with Crippen LogP contribution in [-0.4, -0.2) is 55.6 Å². The maximum atomic E-state index is 13.7. The largest absolute Gasteiger partial charge is 0.416 e. The Balaban J connectivity index is 1.98.